The fourth-order valence-electron chi connectivity index (χ4n) is 0.556. The first-order valence-electron chi connectivity index (χ1n) is 2.72. The van der Waals surface area contributed by atoms with Crippen molar-refractivity contribution in [1.82, 2.24) is 4.98 Å². The number of amides is 1. The van der Waals surface area contributed by atoms with Crippen molar-refractivity contribution in [3.63, 3.8) is 0 Å². The number of pyridine rings is 1. The molecule has 0 atom stereocenters. The predicted molar refractivity (Wildman–Crippen MR) is 37.7 cm³/mol. The average Bonchev–Trinajstić information content (AvgIpc) is 1.94. The molecule has 1 aromatic heterocycles. The molecule has 3 nitrogen and oxygen atoms in total. The molecule has 0 aliphatic rings. The lowest BCUT2D eigenvalue weighted by Crippen LogP contribution is -2.11. The van der Waals surface area contributed by atoms with E-state index in [1.165, 1.54) is 0 Å². The van der Waals surface area contributed by atoms with Gasteiger partial charge in [0, 0.05) is 6.20 Å². The third-order valence-electron chi connectivity index (χ3n) is 1.08. The number of nitrogens with zero attached hydrogens (tertiary/aromatic N) is 1. The molecule has 0 radical (unpaired) electrons. The Labute approximate surface area is 67.0 Å². The van der Waals surface area contributed by atoms with Gasteiger partial charge in [0.1, 0.15) is 0 Å². The molecule has 0 fully saturated rings. The molecular weight excluding hydrogens is 171 g/mol. The molecule has 0 saturated carbocycles. The van der Waals surface area contributed by atoms with Gasteiger partial charge in [-0.3, -0.25) is 4.79 Å². The van der Waals surface area contributed by atoms with E-state index < -0.39 is 11.7 Å². The van der Waals surface area contributed by atoms with E-state index in [0.29, 0.717) is 0 Å². The lowest BCUT2D eigenvalue weighted by Gasteiger charge is -1.95. The first-order valence-corrected chi connectivity index (χ1v) is 3.10. The van der Waals surface area contributed by atoms with E-state index in [0.717, 1.165) is 12.3 Å². The monoisotopic (exact) mass is 174 g/mol. The molecule has 2 N–H and O–H groups in total. The fourth-order valence-corrected chi connectivity index (χ4v) is 0.659. The predicted octanol–water partition coefficient (Wildman–Crippen LogP) is 0.973. The summed E-state index contributed by atoms with van der Waals surface area (Å²) >= 11 is 5.25. The van der Waals surface area contributed by atoms with Crippen LogP contribution in [-0.4, -0.2) is 10.9 Å². The van der Waals surface area contributed by atoms with Gasteiger partial charge in [-0.25, -0.2) is 9.37 Å². The zero-order chi connectivity index (χ0) is 8.43. The average molecular weight is 175 g/mol. The summed E-state index contributed by atoms with van der Waals surface area (Å²) < 4.78 is 12.5. The summed E-state index contributed by atoms with van der Waals surface area (Å²) in [5.41, 5.74) is 4.85. The summed E-state index contributed by atoms with van der Waals surface area (Å²) in [5.74, 6) is -1.48. The molecule has 1 rings (SSSR count). The van der Waals surface area contributed by atoms with Crippen molar-refractivity contribution in [2.24, 2.45) is 5.73 Å². The van der Waals surface area contributed by atoms with Crippen molar-refractivity contribution >= 4 is 17.5 Å². The van der Waals surface area contributed by atoms with E-state index in [9.17, 15) is 9.18 Å². The third-order valence-corrected chi connectivity index (χ3v) is 1.36. The SMILES string of the molecule is NC(=O)c1cnc(Cl)c(F)c1. The Morgan fingerprint density at radius 3 is 2.82 bits per heavy atom. The zero-order valence-corrected chi connectivity index (χ0v) is 6.10. The molecule has 0 unspecified atom stereocenters. The molecule has 0 spiro atoms. The van der Waals surface area contributed by atoms with Gasteiger partial charge in [0.15, 0.2) is 11.0 Å². The van der Waals surface area contributed by atoms with Crippen LogP contribution < -0.4 is 5.73 Å². The minimum absolute atomic E-state index is 0.00639. The van der Waals surface area contributed by atoms with Gasteiger partial charge in [-0.15, -0.1) is 0 Å². The molecular formula is C6H4ClFN2O. The van der Waals surface area contributed by atoms with Crippen LogP contribution in [0.4, 0.5) is 4.39 Å². The Balaban J connectivity index is 3.15. The molecule has 5 heteroatoms. The van der Waals surface area contributed by atoms with Crippen LogP contribution in [0.15, 0.2) is 12.3 Å². The van der Waals surface area contributed by atoms with Crippen LogP contribution in [0.5, 0.6) is 0 Å². The highest BCUT2D eigenvalue weighted by molar-refractivity contribution is 6.29. The van der Waals surface area contributed by atoms with Crippen LogP contribution in [0.1, 0.15) is 10.4 Å². The zero-order valence-electron chi connectivity index (χ0n) is 5.34. The van der Waals surface area contributed by atoms with Crippen molar-refractivity contribution in [3.05, 3.63) is 28.8 Å². The van der Waals surface area contributed by atoms with Crippen LogP contribution in [0.25, 0.3) is 0 Å². The van der Waals surface area contributed by atoms with Gasteiger partial charge in [-0.05, 0) is 6.07 Å². The fraction of sp³-hybridized carbons (Fsp3) is 0. The molecule has 0 aliphatic carbocycles. The van der Waals surface area contributed by atoms with Crippen LogP contribution >= 0.6 is 11.6 Å². The largest absolute Gasteiger partial charge is 0.366 e. The summed E-state index contributed by atoms with van der Waals surface area (Å²) in [6.45, 7) is 0. The van der Waals surface area contributed by atoms with E-state index in [1.54, 1.807) is 0 Å². The van der Waals surface area contributed by atoms with E-state index in [2.05, 4.69) is 4.98 Å². The van der Waals surface area contributed by atoms with Crippen molar-refractivity contribution in [1.29, 1.82) is 0 Å². The molecule has 1 amide bonds. The van der Waals surface area contributed by atoms with Gasteiger partial charge in [-0.1, -0.05) is 11.6 Å². The highest BCUT2D eigenvalue weighted by Crippen LogP contribution is 2.11. The molecule has 0 aromatic carbocycles. The number of carbonyl (C=O) groups is 1. The van der Waals surface area contributed by atoms with Crippen LogP contribution in [-0.2, 0) is 0 Å². The van der Waals surface area contributed by atoms with Gasteiger partial charge >= 0.3 is 0 Å². The third kappa shape index (κ3) is 1.65. The Kier molecular flexibility index (Phi) is 2.05. The molecule has 1 aromatic rings. The summed E-state index contributed by atoms with van der Waals surface area (Å²) in [5, 5.41) is -0.269. The number of hydrogen-bond donors (Lipinski definition) is 1. The van der Waals surface area contributed by atoms with Crippen molar-refractivity contribution < 1.29 is 9.18 Å². The number of nitrogens with two attached hydrogens (primary N) is 1. The first-order chi connectivity index (χ1) is 5.11. The topological polar surface area (TPSA) is 56.0 Å². The highest BCUT2D eigenvalue weighted by Gasteiger charge is 2.05. The highest BCUT2D eigenvalue weighted by atomic mass is 35.5. The first kappa shape index (κ1) is 7.94. The number of primary amides is 1. The van der Waals surface area contributed by atoms with Crippen LogP contribution in [0.3, 0.4) is 0 Å². The van der Waals surface area contributed by atoms with Crippen molar-refractivity contribution in [3.8, 4) is 0 Å². The van der Waals surface area contributed by atoms with Gasteiger partial charge in [0.2, 0.25) is 5.91 Å². The second-order valence-electron chi connectivity index (χ2n) is 1.86. The lowest BCUT2D eigenvalue weighted by molar-refractivity contribution is 0.0999. The number of carbonyl (C=O) groups excluding carboxylic acids is 1. The molecule has 11 heavy (non-hydrogen) atoms. The second-order valence-corrected chi connectivity index (χ2v) is 2.22. The number of aromatic nitrogens is 1. The Morgan fingerprint density at radius 1 is 1.73 bits per heavy atom. The van der Waals surface area contributed by atoms with Crippen molar-refractivity contribution in [2.75, 3.05) is 0 Å². The van der Waals surface area contributed by atoms with E-state index in [-0.39, 0.29) is 10.7 Å². The van der Waals surface area contributed by atoms with Gasteiger partial charge in [0.25, 0.3) is 0 Å². The summed E-state index contributed by atoms with van der Waals surface area (Å²) in [7, 11) is 0. The molecule has 0 saturated heterocycles. The lowest BCUT2D eigenvalue weighted by atomic mass is 10.3. The summed E-state index contributed by atoms with van der Waals surface area (Å²) in [4.78, 5) is 13.8. The Hall–Kier alpha value is -1.16. The van der Waals surface area contributed by atoms with E-state index in [4.69, 9.17) is 17.3 Å². The minimum Gasteiger partial charge on any atom is -0.366 e. The molecule has 1 heterocycles. The van der Waals surface area contributed by atoms with Gasteiger partial charge < -0.3 is 5.73 Å². The molecule has 0 bridgehead atoms. The van der Waals surface area contributed by atoms with Crippen molar-refractivity contribution in [2.45, 2.75) is 0 Å². The minimum atomic E-state index is -0.747. The maximum absolute atomic E-state index is 12.5. The molecule has 0 aliphatic heterocycles. The second kappa shape index (κ2) is 2.84. The summed E-state index contributed by atoms with van der Waals surface area (Å²) in [6, 6.07) is 0.942. The van der Waals surface area contributed by atoms with E-state index >= 15 is 0 Å². The van der Waals surface area contributed by atoms with Gasteiger partial charge in [-0.2, -0.15) is 0 Å². The van der Waals surface area contributed by atoms with E-state index in [1.807, 2.05) is 0 Å². The van der Waals surface area contributed by atoms with Crippen LogP contribution in [0, 0.1) is 5.82 Å². The smallest absolute Gasteiger partial charge is 0.250 e. The Bertz CT molecular complexity index is 303. The maximum atomic E-state index is 12.5. The number of halogens is 2. The standard InChI is InChI=1S/C6H4ClFN2O/c7-5-4(8)1-3(2-10-5)6(9)11/h1-2H,(H2,9,11). The number of hydrogen-bond acceptors (Lipinski definition) is 2. The maximum Gasteiger partial charge on any atom is 0.250 e. The Morgan fingerprint density at radius 2 is 2.36 bits per heavy atom. The molecule has 58 valence electrons. The van der Waals surface area contributed by atoms with Gasteiger partial charge in [0.05, 0.1) is 5.56 Å². The summed E-state index contributed by atoms with van der Waals surface area (Å²) in [6.07, 6.45) is 1.12. The van der Waals surface area contributed by atoms with Crippen LogP contribution in [0.2, 0.25) is 5.15 Å². The number of rotatable bonds is 1. The normalized spacial score (nSPS) is 9.64. The quantitative estimate of drug-likeness (QED) is 0.645.